The van der Waals surface area contributed by atoms with Crippen molar-refractivity contribution in [2.75, 3.05) is 24.5 Å². The number of pyridine rings is 1. The Kier molecular flexibility index (Phi) is 5.54. The van der Waals surface area contributed by atoms with Gasteiger partial charge in [0, 0.05) is 31.5 Å². The highest BCUT2D eigenvalue weighted by atomic mass is 16.2. The lowest BCUT2D eigenvalue weighted by Gasteiger charge is -2.20. The summed E-state index contributed by atoms with van der Waals surface area (Å²) in [5, 5.41) is 0. The SMILES string of the molecule is CCN(CC)C(=O)c1nc(C(=O)N(CC)c2ccccc2)n2ccccc12. The fourth-order valence-corrected chi connectivity index (χ4v) is 3.18. The van der Waals surface area contributed by atoms with Gasteiger partial charge in [-0.15, -0.1) is 0 Å². The number of para-hydroxylation sites is 1. The van der Waals surface area contributed by atoms with Gasteiger partial charge in [-0.05, 0) is 45.0 Å². The van der Waals surface area contributed by atoms with Crippen molar-refractivity contribution in [2.24, 2.45) is 0 Å². The van der Waals surface area contributed by atoms with Gasteiger partial charge in [-0.2, -0.15) is 0 Å². The van der Waals surface area contributed by atoms with Crippen LogP contribution in [0.4, 0.5) is 5.69 Å². The van der Waals surface area contributed by atoms with Gasteiger partial charge < -0.3 is 9.80 Å². The molecule has 0 radical (unpaired) electrons. The second kappa shape index (κ2) is 8.03. The van der Waals surface area contributed by atoms with Crippen molar-refractivity contribution in [3.8, 4) is 0 Å². The predicted molar refractivity (Wildman–Crippen MR) is 106 cm³/mol. The van der Waals surface area contributed by atoms with Gasteiger partial charge in [0.05, 0.1) is 5.52 Å². The highest BCUT2D eigenvalue weighted by Gasteiger charge is 2.26. The molecular formula is C21H24N4O2. The molecule has 3 aromatic rings. The van der Waals surface area contributed by atoms with E-state index in [1.54, 1.807) is 20.4 Å². The summed E-state index contributed by atoms with van der Waals surface area (Å²) < 4.78 is 1.70. The van der Waals surface area contributed by atoms with Gasteiger partial charge in [0.15, 0.2) is 5.69 Å². The number of hydrogen-bond donors (Lipinski definition) is 0. The van der Waals surface area contributed by atoms with E-state index in [1.807, 2.05) is 69.3 Å². The summed E-state index contributed by atoms with van der Waals surface area (Å²) in [6.45, 7) is 7.47. The van der Waals surface area contributed by atoms with E-state index in [0.717, 1.165) is 5.69 Å². The van der Waals surface area contributed by atoms with Crippen LogP contribution in [-0.4, -0.2) is 45.7 Å². The van der Waals surface area contributed by atoms with Gasteiger partial charge in [-0.25, -0.2) is 4.98 Å². The molecule has 0 spiro atoms. The molecule has 2 aromatic heterocycles. The van der Waals surface area contributed by atoms with Gasteiger partial charge in [0.25, 0.3) is 11.8 Å². The Hall–Kier alpha value is -3.15. The number of nitrogens with zero attached hydrogens (tertiary/aromatic N) is 4. The number of rotatable bonds is 6. The molecule has 0 saturated heterocycles. The van der Waals surface area contributed by atoms with E-state index in [2.05, 4.69) is 4.98 Å². The third-order valence-electron chi connectivity index (χ3n) is 4.62. The normalized spacial score (nSPS) is 10.8. The maximum atomic E-state index is 13.3. The lowest BCUT2D eigenvalue weighted by molar-refractivity contribution is 0.0769. The Balaban J connectivity index is 2.09. The van der Waals surface area contributed by atoms with Crippen molar-refractivity contribution in [2.45, 2.75) is 20.8 Å². The first-order valence-corrected chi connectivity index (χ1v) is 9.25. The van der Waals surface area contributed by atoms with Crippen LogP contribution < -0.4 is 4.90 Å². The molecule has 0 aliphatic heterocycles. The van der Waals surface area contributed by atoms with Crippen molar-refractivity contribution < 1.29 is 9.59 Å². The van der Waals surface area contributed by atoms with E-state index in [4.69, 9.17) is 0 Å². The zero-order chi connectivity index (χ0) is 19.4. The Morgan fingerprint density at radius 2 is 1.56 bits per heavy atom. The number of fused-ring (bicyclic) bond motifs is 1. The van der Waals surface area contributed by atoms with Crippen LogP contribution >= 0.6 is 0 Å². The van der Waals surface area contributed by atoms with Gasteiger partial charge in [-0.1, -0.05) is 24.3 Å². The first-order valence-electron chi connectivity index (χ1n) is 9.25. The highest BCUT2D eigenvalue weighted by Crippen LogP contribution is 2.20. The lowest BCUT2D eigenvalue weighted by Crippen LogP contribution is -2.32. The molecule has 0 aliphatic rings. The molecule has 1 aromatic carbocycles. The number of imidazole rings is 1. The number of carbonyl (C=O) groups excluding carboxylic acids is 2. The monoisotopic (exact) mass is 364 g/mol. The molecule has 0 saturated carbocycles. The summed E-state index contributed by atoms with van der Waals surface area (Å²) in [7, 11) is 0. The molecule has 0 aliphatic carbocycles. The van der Waals surface area contributed by atoms with Crippen LogP contribution in [0.2, 0.25) is 0 Å². The lowest BCUT2D eigenvalue weighted by atomic mass is 10.3. The number of carbonyl (C=O) groups is 2. The molecule has 140 valence electrons. The molecule has 2 heterocycles. The van der Waals surface area contributed by atoms with E-state index >= 15 is 0 Å². The van der Waals surface area contributed by atoms with E-state index in [9.17, 15) is 9.59 Å². The number of hydrogen-bond acceptors (Lipinski definition) is 3. The molecule has 3 rings (SSSR count). The van der Waals surface area contributed by atoms with Crippen molar-refractivity contribution in [3.63, 3.8) is 0 Å². The second-order valence-corrected chi connectivity index (χ2v) is 6.10. The Labute approximate surface area is 159 Å². The summed E-state index contributed by atoms with van der Waals surface area (Å²) in [6.07, 6.45) is 1.77. The minimum atomic E-state index is -0.233. The van der Waals surface area contributed by atoms with Crippen molar-refractivity contribution in [3.05, 3.63) is 66.2 Å². The number of amides is 2. The Morgan fingerprint density at radius 1 is 0.889 bits per heavy atom. The van der Waals surface area contributed by atoms with Gasteiger partial charge in [-0.3, -0.25) is 14.0 Å². The van der Waals surface area contributed by atoms with Crippen LogP contribution in [0.25, 0.3) is 5.52 Å². The minimum absolute atomic E-state index is 0.162. The van der Waals surface area contributed by atoms with Gasteiger partial charge in [0.1, 0.15) is 0 Å². The Bertz CT molecular complexity index is 945. The average molecular weight is 364 g/mol. The number of benzene rings is 1. The van der Waals surface area contributed by atoms with E-state index in [-0.39, 0.29) is 17.6 Å². The summed E-state index contributed by atoms with van der Waals surface area (Å²) in [4.78, 5) is 34.0. The highest BCUT2D eigenvalue weighted by molar-refractivity contribution is 6.07. The quantitative estimate of drug-likeness (QED) is 0.673. The first kappa shape index (κ1) is 18.6. The minimum Gasteiger partial charge on any atom is -0.338 e. The van der Waals surface area contributed by atoms with E-state index in [1.165, 1.54) is 0 Å². The van der Waals surface area contributed by atoms with E-state index < -0.39 is 0 Å². The molecule has 0 N–H and O–H groups in total. The van der Waals surface area contributed by atoms with Crippen molar-refractivity contribution >= 4 is 23.0 Å². The van der Waals surface area contributed by atoms with Crippen LogP contribution in [0, 0.1) is 0 Å². The summed E-state index contributed by atoms with van der Waals surface area (Å²) in [5.41, 5.74) is 1.75. The van der Waals surface area contributed by atoms with Crippen LogP contribution in [0.1, 0.15) is 41.9 Å². The molecule has 27 heavy (non-hydrogen) atoms. The molecule has 0 fully saturated rings. The fraction of sp³-hybridized carbons (Fsp3) is 0.286. The van der Waals surface area contributed by atoms with Gasteiger partial charge in [0.2, 0.25) is 5.82 Å². The first-order chi connectivity index (χ1) is 13.1. The zero-order valence-electron chi connectivity index (χ0n) is 15.9. The van der Waals surface area contributed by atoms with Gasteiger partial charge >= 0.3 is 0 Å². The van der Waals surface area contributed by atoms with E-state index in [0.29, 0.717) is 30.8 Å². The van der Waals surface area contributed by atoms with Crippen LogP contribution in [0.15, 0.2) is 54.7 Å². The zero-order valence-corrected chi connectivity index (χ0v) is 15.9. The number of aromatic nitrogens is 2. The summed E-state index contributed by atoms with van der Waals surface area (Å²) >= 11 is 0. The summed E-state index contributed by atoms with van der Waals surface area (Å²) in [6, 6.07) is 15.0. The van der Waals surface area contributed by atoms with Crippen LogP contribution in [0.5, 0.6) is 0 Å². The van der Waals surface area contributed by atoms with Crippen molar-refractivity contribution in [1.82, 2.24) is 14.3 Å². The topological polar surface area (TPSA) is 57.9 Å². The third kappa shape index (κ3) is 3.43. The summed E-state index contributed by atoms with van der Waals surface area (Å²) in [5.74, 6) is -0.152. The smallest absolute Gasteiger partial charge is 0.294 e. The molecule has 0 atom stereocenters. The standard InChI is InChI=1S/C21H24N4O2/c1-4-23(5-2)20(26)18-17-14-10-11-15-25(17)19(22-18)21(27)24(6-3)16-12-8-7-9-13-16/h7-15H,4-6H2,1-3H3. The average Bonchev–Trinajstić information content (AvgIpc) is 3.10. The maximum absolute atomic E-state index is 13.3. The molecule has 6 heteroatoms. The largest absolute Gasteiger partial charge is 0.338 e. The molecule has 0 bridgehead atoms. The molecule has 6 nitrogen and oxygen atoms in total. The maximum Gasteiger partial charge on any atom is 0.294 e. The van der Waals surface area contributed by atoms with Crippen LogP contribution in [-0.2, 0) is 0 Å². The molecule has 2 amide bonds. The van der Waals surface area contributed by atoms with Crippen molar-refractivity contribution in [1.29, 1.82) is 0 Å². The molecule has 0 unspecified atom stereocenters. The predicted octanol–water partition coefficient (Wildman–Crippen LogP) is 3.48. The molecular weight excluding hydrogens is 340 g/mol. The van der Waals surface area contributed by atoms with Crippen LogP contribution in [0.3, 0.4) is 0 Å². The Morgan fingerprint density at radius 3 is 2.19 bits per heavy atom. The number of anilines is 1. The fourth-order valence-electron chi connectivity index (χ4n) is 3.18. The second-order valence-electron chi connectivity index (χ2n) is 6.10. The third-order valence-corrected chi connectivity index (χ3v) is 4.62.